The number of rotatable bonds is 9. The molecule has 0 fully saturated rings. The topological polar surface area (TPSA) is 93.5 Å². The second kappa shape index (κ2) is 9.61. The Morgan fingerprint density at radius 1 is 1.33 bits per heavy atom. The van der Waals surface area contributed by atoms with E-state index in [1.807, 2.05) is 13.8 Å². The third kappa shape index (κ3) is 4.72. The van der Waals surface area contributed by atoms with Crippen LogP contribution in [0.4, 0.5) is 0 Å². The molecule has 0 atom stereocenters. The smallest absolute Gasteiger partial charge is 0.262 e. The summed E-state index contributed by atoms with van der Waals surface area (Å²) in [7, 11) is 1.61. The quantitative estimate of drug-likeness (QED) is 0.649. The molecule has 2 aromatic heterocycles. The Kier molecular flexibility index (Phi) is 7.49. The average Bonchev–Trinajstić information content (AvgIpc) is 2.99. The number of carbonyl (C=O) groups excluding carboxylic acids is 2. The van der Waals surface area contributed by atoms with E-state index in [-0.39, 0.29) is 23.9 Å². The van der Waals surface area contributed by atoms with Gasteiger partial charge in [-0.05, 0) is 32.8 Å². The molecule has 0 radical (unpaired) electrons. The molecule has 1 N–H and O–H groups in total. The highest BCUT2D eigenvalue weighted by Crippen LogP contribution is 2.26. The van der Waals surface area contributed by atoms with Crippen molar-refractivity contribution in [1.29, 1.82) is 0 Å². The van der Waals surface area contributed by atoms with Gasteiger partial charge in [-0.3, -0.25) is 19.0 Å². The largest absolute Gasteiger partial charge is 0.385 e. The zero-order valence-corrected chi connectivity index (χ0v) is 17.0. The van der Waals surface area contributed by atoms with Crippen LogP contribution in [0.1, 0.15) is 35.5 Å². The second-order valence-corrected chi connectivity index (χ2v) is 7.08. The summed E-state index contributed by atoms with van der Waals surface area (Å²) in [6.45, 7) is 7.71. The van der Waals surface area contributed by atoms with E-state index in [1.165, 1.54) is 22.2 Å². The third-order valence-corrected chi connectivity index (χ3v) is 5.55. The van der Waals surface area contributed by atoms with Crippen LogP contribution < -0.4 is 10.9 Å². The van der Waals surface area contributed by atoms with Crippen molar-refractivity contribution in [3.8, 4) is 0 Å². The third-order valence-electron chi connectivity index (χ3n) is 4.36. The maximum Gasteiger partial charge on any atom is 0.262 e. The van der Waals surface area contributed by atoms with Crippen LogP contribution in [-0.4, -0.2) is 59.6 Å². The number of ether oxygens (including phenoxy) is 1. The van der Waals surface area contributed by atoms with Crippen molar-refractivity contribution in [2.75, 3.05) is 33.4 Å². The van der Waals surface area contributed by atoms with Crippen LogP contribution in [0.5, 0.6) is 0 Å². The van der Waals surface area contributed by atoms with Crippen molar-refractivity contribution in [3.63, 3.8) is 0 Å². The van der Waals surface area contributed by atoms with Crippen molar-refractivity contribution in [3.05, 3.63) is 27.1 Å². The number of nitrogens with zero attached hydrogens (tertiary/aromatic N) is 3. The molecule has 0 spiro atoms. The van der Waals surface area contributed by atoms with Gasteiger partial charge in [0.2, 0.25) is 5.91 Å². The van der Waals surface area contributed by atoms with Gasteiger partial charge >= 0.3 is 0 Å². The lowest BCUT2D eigenvalue weighted by Crippen LogP contribution is -2.36. The predicted molar refractivity (Wildman–Crippen MR) is 105 cm³/mol. The van der Waals surface area contributed by atoms with E-state index in [4.69, 9.17) is 4.74 Å². The fourth-order valence-electron chi connectivity index (χ4n) is 2.81. The molecule has 27 heavy (non-hydrogen) atoms. The molecule has 2 heterocycles. The summed E-state index contributed by atoms with van der Waals surface area (Å²) < 4.78 is 6.27. The minimum atomic E-state index is -0.298. The standard InChI is InChI=1S/C18H26N4O4S/c1-5-21(6-2)13(23)10-22-11-20-17-14(18(22)25)12(3)15(27-17)16(24)19-8-7-9-26-4/h11H,5-10H2,1-4H3,(H,19,24). The Morgan fingerprint density at radius 3 is 2.67 bits per heavy atom. The van der Waals surface area contributed by atoms with E-state index >= 15 is 0 Å². The van der Waals surface area contributed by atoms with Crippen molar-refractivity contribution >= 4 is 33.4 Å². The maximum absolute atomic E-state index is 12.8. The number of hydrogen-bond acceptors (Lipinski definition) is 6. The van der Waals surface area contributed by atoms with Gasteiger partial charge < -0.3 is 15.0 Å². The molecule has 0 aliphatic heterocycles. The number of hydrogen-bond donors (Lipinski definition) is 1. The monoisotopic (exact) mass is 394 g/mol. The van der Waals surface area contributed by atoms with E-state index < -0.39 is 0 Å². The van der Waals surface area contributed by atoms with Gasteiger partial charge in [-0.1, -0.05) is 0 Å². The van der Waals surface area contributed by atoms with Crippen molar-refractivity contribution in [1.82, 2.24) is 19.8 Å². The maximum atomic E-state index is 12.8. The molecule has 8 nitrogen and oxygen atoms in total. The Labute approximate surface area is 162 Å². The van der Waals surface area contributed by atoms with Crippen LogP contribution >= 0.6 is 11.3 Å². The highest BCUT2D eigenvalue weighted by molar-refractivity contribution is 7.20. The van der Waals surface area contributed by atoms with E-state index in [9.17, 15) is 14.4 Å². The molecule has 0 unspecified atom stereocenters. The molecule has 2 aromatic rings. The Hall–Kier alpha value is -2.26. The SMILES string of the molecule is CCN(CC)C(=O)Cn1cnc2sc(C(=O)NCCCOC)c(C)c2c1=O. The van der Waals surface area contributed by atoms with Gasteiger partial charge in [0, 0.05) is 33.4 Å². The first kappa shape index (κ1) is 21.0. The summed E-state index contributed by atoms with van der Waals surface area (Å²) in [5.41, 5.74) is 0.300. The number of aromatic nitrogens is 2. The van der Waals surface area contributed by atoms with E-state index in [1.54, 1.807) is 18.9 Å². The first-order chi connectivity index (χ1) is 12.9. The molecule has 2 amide bonds. The molecule has 0 aromatic carbocycles. The van der Waals surface area contributed by atoms with E-state index in [0.29, 0.717) is 53.3 Å². The van der Waals surface area contributed by atoms with Gasteiger partial charge in [-0.15, -0.1) is 11.3 Å². The van der Waals surface area contributed by atoms with Gasteiger partial charge in [-0.25, -0.2) is 4.98 Å². The second-order valence-electron chi connectivity index (χ2n) is 6.08. The zero-order chi connectivity index (χ0) is 20.0. The fraction of sp³-hybridized carbons (Fsp3) is 0.556. The molecule has 0 saturated heterocycles. The van der Waals surface area contributed by atoms with Crippen LogP contribution in [-0.2, 0) is 16.1 Å². The molecular weight excluding hydrogens is 368 g/mol. The average molecular weight is 394 g/mol. The van der Waals surface area contributed by atoms with E-state index in [2.05, 4.69) is 10.3 Å². The minimum absolute atomic E-state index is 0.0582. The van der Waals surface area contributed by atoms with Gasteiger partial charge in [-0.2, -0.15) is 0 Å². The number of carbonyl (C=O) groups is 2. The predicted octanol–water partition coefficient (Wildman–Crippen LogP) is 1.40. The summed E-state index contributed by atoms with van der Waals surface area (Å²) in [5.74, 6) is -0.357. The molecule has 2 rings (SSSR count). The van der Waals surface area contributed by atoms with Gasteiger partial charge in [0.15, 0.2) is 0 Å². The van der Waals surface area contributed by atoms with Crippen LogP contribution in [0.15, 0.2) is 11.1 Å². The molecular formula is C18H26N4O4S. The molecule has 0 aliphatic carbocycles. The van der Waals surface area contributed by atoms with Crippen molar-refractivity contribution in [2.24, 2.45) is 0 Å². The lowest BCUT2D eigenvalue weighted by molar-refractivity contribution is -0.131. The summed E-state index contributed by atoms with van der Waals surface area (Å²) in [4.78, 5) is 44.5. The number of amides is 2. The highest BCUT2D eigenvalue weighted by atomic mass is 32.1. The number of thiophene rings is 1. The molecule has 0 saturated carbocycles. The number of nitrogens with one attached hydrogen (secondary N) is 1. The van der Waals surface area contributed by atoms with Crippen LogP contribution in [0.25, 0.3) is 10.2 Å². The van der Waals surface area contributed by atoms with Crippen LogP contribution in [0.3, 0.4) is 0 Å². The molecule has 0 aliphatic rings. The number of likely N-dealkylation sites (N-methyl/N-ethyl adjacent to an activating group) is 1. The number of methoxy groups -OCH3 is 1. The van der Waals surface area contributed by atoms with E-state index in [0.717, 1.165) is 0 Å². The summed E-state index contributed by atoms with van der Waals surface area (Å²) in [5, 5.41) is 3.23. The molecule has 0 bridgehead atoms. The summed E-state index contributed by atoms with van der Waals surface area (Å²) in [6, 6.07) is 0. The van der Waals surface area contributed by atoms with Gasteiger partial charge in [0.05, 0.1) is 16.6 Å². The first-order valence-electron chi connectivity index (χ1n) is 8.97. The Bertz CT molecular complexity index is 870. The van der Waals surface area contributed by atoms with Gasteiger partial charge in [0.1, 0.15) is 11.4 Å². The first-order valence-corrected chi connectivity index (χ1v) is 9.79. The summed E-state index contributed by atoms with van der Waals surface area (Å²) >= 11 is 1.19. The Balaban J connectivity index is 2.27. The normalized spacial score (nSPS) is 11.0. The lowest BCUT2D eigenvalue weighted by Gasteiger charge is -2.18. The molecule has 9 heteroatoms. The fourth-order valence-corrected chi connectivity index (χ4v) is 3.86. The molecule has 148 valence electrons. The zero-order valence-electron chi connectivity index (χ0n) is 16.2. The minimum Gasteiger partial charge on any atom is -0.385 e. The lowest BCUT2D eigenvalue weighted by atomic mass is 10.2. The van der Waals surface area contributed by atoms with Gasteiger partial charge in [0.25, 0.3) is 11.5 Å². The highest BCUT2D eigenvalue weighted by Gasteiger charge is 2.20. The summed E-state index contributed by atoms with van der Waals surface area (Å²) in [6.07, 6.45) is 2.09. The van der Waals surface area contributed by atoms with Crippen molar-refractivity contribution < 1.29 is 14.3 Å². The number of aryl methyl sites for hydroxylation is 1. The van der Waals surface area contributed by atoms with Crippen LogP contribution in [0, 0.1) is 6.92 Å². The van der Waals surface area contributed by atoms with Crippen molar-refractivity contribution in [2.45, 2.75) is 33.7 Å². The van der Waals surface area contributed by atoms with Crippen LogP contribution in [0.2, 0.25) is 0 Å². The number of fused-ring (bicyclic) bond motifs is 1. The Morgan fingerprint density at radius 2 is 2.04 bits per heavy atom.